The number of hydrogen-bond acceptors (Lipinski definition) is 2. The molecule has 0 atom stereocenters. The summed E-state index contributed by atoms with van der Waals surface area (Å²) in [6.45, 7) is 0. The Hall–Kier alpha value is -9.14. The van der Waals surface area contributed by atoms with E-state index in [4.69, 9.17) is 0 Å². The van der Waals surface area contributed by atoms with Gasteiger partial charge in [-0.3, -0.25) is 0 Å². The SMILES string of the molecule is Fc1ccc(-c2ccc(-c3ccc(F)c(N(c4cc5ccc6cc(N(c7ccccc7F)c7cc(-c8ccc(-c9ccc(F)cc9)cc8)ccc7F)cc7ccc(c4)c5c67)c4ccccc4F)c3)cc2)cc1. The standard InChI is InChI=1S/C64H38F6N2/c65-51-27-21-41(22-28-51)39-9-13-43(14-10-39)45-25-31-57(69)61(37-45)71(59-7-3-1-5-55(59)67)53-33-47-17-19-49-35-54(36-50-20-18-48(34-53)63(47)64(49)50)72(60-8-4-2-6-56(60)68)62-38-46(26-32-58(62)70)44-15-11-40(12-16-44)42-23-29-52(66)30-24-42/h1-38H. The molecule has 346 valence electrons. The molecule has 0 aliphatic carbocycles. The van der Waals surface area contributed by atoms with Crippen LogP contribution in [0.3, 0.4) is 0 Å². The van der Waals surface area contributed by atoms with Gasteiger partial charge in [0.2, 0.25) is 0 Å². The van der Waals surface area contributed by atoms with E-state index in [9.17, 15) is 8.78 Å². The molecule has 12 aromatic carbocycles. The number of rotatable bonds is 10. The third-order valence-corrected chi connectivity index (χ3v) is 13.4. The van der Waals surface area contributed by atoms with E-state index < -0.39 is 23.3 Å². The largest absolute Gasteiger partial charge is 0.305 e. The van der Waals surface area contributed by atoms with E-state index in [2.05, 4.69) is 0 Å². The number of para-hydroxylation sites is 2. The van der Waals surface area contributed by atoms with Crippen LogP contribution in [0.5, 0.6) is 0 Å². The predicted octanol–water partition coefficient (Wildman–Crippen LogP) is 19.0. The Labute approximate surface area is 410 Å². The Kier molecular flexibility index (Phi) is 11.0. The van der Waals surface area contributed by atoms with Crippen molar-refractivity contribution in [3.63, 3.8) is 0 Å². The topological polar surface area (TPSA) is 6.48 Å². The van der Waals surface area contributed by atoms with E-state index in [1.807, 2.05) is 97.1 Å². The number of anilines is 6. The molecule has 0 saturated heterocycles. The fourth-order valence-corrected chi connectivity index (χ4v) is 9.87. The van der Waals surface area contributed by atoms with Gasteiger partial charge in [0.15, 0.2) is 0 Å². The summed E-state index contributed by atoms with van der Waals surface area (Å²) in [5, 5.41) is 5.10. The second-order valence-electron chi connectivity index (χ2n) is 17.7. The van der Waals surface area contributed by atoms with Crippen LogP contribution >= 0.6 is 0 Å². The van der Waals surface area contributed by atoms with Gasteiger partial charge in [-0.25, -0.2) is 26.3 Å². The van der Waals surface area contributed by atoms with Gasteiger partial charge in [-0.1, -0.05) is 133 Å². The molecular formula is C64H38F6N2. The molecule has 72 heavy (non-hydrogen) atoms. The highest BCUT2D eigenvalue weighted by atomic mass is 19.1. The van der Waals surface area contributed by atoms with Crippen LogP contribution in [0.15, 0.2) is 231 Å². The van der Waals surface area contributed by atoms with Crippen LogP contribution in [-0.4, -0.2) is 0 Å². The second kappa shape index (κ2) is 18.0. The lowest BCUT2D eigenvalue weighted by Crippen LogP contribution is -2.14. The Morgan fingerprint density at radius 1 is 0.222 bits per heavy atom. The fraction of sp³-hybridized carbons (Fsp3) is 0. The summed E-state index contributed by atoms with van der Waals surface area (Å²) in [6.07, 6.45) is 0. The molecule has 0 aliphatic rings. The van der Waals surface area contributed by atoms with Crippen LogP contribution in [-0.2, 0) is 0 Å². The fourth-order valence-electron chi connectivity index (χ4n) is 9.87. The highest BCUT2D eigenvalue weighted by Gasteiger charge is 2.25. The lowest BCUT2D eigenvalue weighted by molar-refractivity contribution is 0.619. The van der Waals surface area contributed by atoms with Crippen LogP contribution in [0.1, 0.15) is 0 Å². The predicted molar refractivity (Wildman–Crippen MR) is 281 cm³/mol. The molecule has 0 aromatic heterocycles. The Morgan fingerprint density at radius 3 is 0.806 bits per heavy atom. The highest BCUT2D eigenvalue weighted by molar-refractivity contribution is 6.24. The summed E-state index contributed by atoms with van der Waals surface area (Å²) in [5.74, 6) is -2.82. The summed E-state index contributed by atoms with van der Waals surface area (Å²) >= 11 is 0. The Morgan fingerprint density at radius 2 is 0.486 bits per heavy atom. The van der Waals surface area contributed by atoms with Crippen molar-refractivity contribution in [1.82, 2.24) is 0 Å². The zero-order chi connectivity index (χ0) is 49.0. The lowest BCUT2D eigenvalue weighted by atomic mass is 9.92. The van der Waals surface area contributed by atoms with E-state index in [0.717, 1.165) is 65.7 Å². The van der Waals surface area contributed by atoms with Crippen molar-refractivity contribution in [2.75, 3.05) is 9.80 Å². The molecule has 2 nitrogen and oxygen atoms in total. The average Bonchev–Trinajstić information content (AvgIpc) is 3.41. The summed E-state index contributed by atoms with van der Waals surface area (Å²) in [7, 11) is 0. The van der Waals surface area contributed by atoms with Crippen LogP contribution in [0, 0.1) is 34.9 Å². The lowest BCUT2D eigenvalue weighted by Gasteiger charge is -2.28. The summed E-state index contributed by atoms with van der Waals surface area (Å²) in [4.78, 5) is 3.20. The quantitative estimate of drug-likeness (QED) is 0.0996. The van der Waals surface area contributed by atoms with Gasteiger partial charge in [0, 0.05) is 11.4 Å². The summed E-state index contributed by atoms with van der Waals surface area (Å²) in [5.41, 5.74) is 8.19. The van der Waals surface area contributed by atoms with Gasteiger partial charge in [-0.2, -0.15) is 0 Å². The van der Waals surface area contributed by atoms with Crippen molar-refractivity contribution in [1.29, 1.82) is 0 Å². The third-order valence-electron chi connectivity index (χ3n) is 13.4. The van der Waals surface area contributed by atoms with Crippen molar-refractivity contribution >= 4 is 66.4 Å². The van der Waals surface area contributed by atoms with Crippen molar-refractivity contribution in [2.45, 2.75) is 0 Å². The van der Waals surface area contributed by atoms with E-state index >= 15 is 17.6 Å². The van der Waals surface area contributed by atoms with Crippen LogP contribution in [0.2, 0.25) is 0 Å². The third kappa shape index (κ3) is 8.02. The minimum absolute atomic E-state index is 0.143. The zero-order valence-corrected chi connectivity index (χ0v) is 38.1. The van der Waals surface area contributed by atoms with E-state index in [0.29, 0.717) is 22.5 Å². The molecule has 12 aromatic rings. The molecule has 0 saturated carbocycles. The molecule has 0 radical (unpaired) electrons. The average molecular weight is 949 g/mol. The Bertz CT molecular complexity index is 3660. The van der Waals surface area contributed by atoms with Gasteiger partial charge < -0.3 is 9.80 Å². The van der Waals surface area contributed by atoms with E-state index in [1.54, 1.807) is 94.7 Å². The highest BCUT2D eigenvalue weighted by Crippen LogP contribution is 2.47. The molecule has 8 heteroatoms. The molecule has 0 bridgehead atoms. The van der Waals surface area contributed by atoms with Crippen molar-refractivity contribution in [2.24, 2.45) is 0 Å². The molecular weight excluding hydrogens is 911 g/mol. The maximum atomic E-state index is 16.4. The molecule has 0 amide bonds. The van der Waals surface area contributed by atoms with Crippen LogP contribution in [0.25, 0.3) is 76.8 Å². The monoisotopic (exact) mass is 948 g/mol. The first-order chi connectivity index (χ1) is 35.1. The Balaban J connectivity index is 0.950. The second-order valence-corrected chi connectivity index (χ2v) is 17.7. The smallest absolute Gasteiger partial charge is 0.147 e. The zero-order valence-electron chi connectivity index (χ0n) is 38.1. The van der Waals surface area contributed by atoms with Gasteiger partial charge in [-0.15, -0.1) is 0 Å². The van der Waals surface area contributed by atoms with Gasteiger partial charge in [-0.05, 0) is 174 Å². The first kappa shape index (κ1) is 44.1. The van der Waals surface area contributed by atoms with Crippen LogP contribution in [0.4, 0.5) is 60.5 Å². The summed E-state index contributed by atoms with van der Waals surface area (Å²) in [6, 6.07) is 65.5. The summed E-state index contributed by atoms with van der Waals surface area (Å²) < 4.78 is 92.1. The molecule has 0 N–H and O–H groups in total. The maximum absolute atomic E-state index is 16.4. The molecule has 0 unspecified atom stereocenters. The maximum Gasteiger partial charge on any atom is 0.147 e. The minimum atomic E-state index is -0.552. The first-order valence-corrected chi connectivity index (χ1v) is 23.3. The molecule has 0 heterocycles. The normalized spacial score (nSPS) is 11.5. The number of nitrogens with zero attached hydrogens (tertiary/aromatic N) is 2. The van der Waals surface area contributed by atoms with Gasteiger partial charge in [0.25, 0.3) is 0 Å². The minimum Gasteiger partial charge on any atom is -0.305 e. The van der Waals surface area contributed by atoms with E-state index in [1.165, 1.54) is 48.5 Å². The molecule has 0 aliphatic heterocycles. The van der Waals surface area contributed by atoms with Crippen molar-refractivity contribution < 1.29 is 26.3 Å². The van der Waals surface area contributed by atoms with Crippen molar-refractivity contribution in [3.05, 3.63) is 265 Å². The van der Waals surface area contributed by atoms with E-state index in [-0.39, 0.29) is 34.4 Å². The van der Waals surface area contributed by atoms with Gasteiger partial charge in [0.1, 0.15) is 34.9 Å². The first-order valence-electron chi connectivity index (χ1n) is 23.3. The number of benzene rings is 12. The number of halogens is 6. The van der Waals surface area contributed by atoms with Gasteiger partial charge in [0.05, 0.1) is 22.7 Å². The van der Waals surface area contributed by atoms with Crippen LogP contribution < -0.4 is 9.80 Å². The molecule has 0 spiro atoms. The number of hydrogen-bond donors (Lipinski definition) is 0. The van der Waals surface area contributed by atoms with Gasteiger partial charge >= 0.3 is 0 Å². The molecule has 0 fully saturated rings. The molecule has 12 rings (SSSR count). The van der Waals surface area contributed by atoms with Crippen molar-refractivity contribution in [3.8, 4) is 44.5 Å².